The summed E-state index contributed by atoms with van der Waals surface area (Å²) in [7, 11) is 1.71. The molecule has 0 fully saturated rings. The van der Waals surface area contributed by atoms with Crippen molar-refractivity contribution in [1.82, 2.24) is 5.32 Å². The van der Waals surface area contributed by atoms with Crippen molar-refractivity contribution in [3.63, 3.8) is 0 Å². The number of methoxy groups -OCH3 is 1. The standard InChI is InChI=1S/C14H23NO2/c1-5-15-13(9-16-4)10-17-14-7-6-11(2)8-12(14)3/h6-8,13,15H,5,9-10H2,1-4H3. The van der Waals surface area contributed by atoms with Gasteiger partial charge in [0.05, 0.1) is 12.6 Å². The lowest BCUT2D eigenvalue weighted by molar-refractivity contribution is 0.137. The van der Waals surface area contributed by atoms with E-state index in [-0.39, 0.29) is 6.04 Å². The van der Waals surface area contributed by atoms with Crippen molar-refractivity contribution in [1.29, 1.82) is 0 Å². The largest absolute Gasteiger partial charge is 0.492 e. The lowest BCUT2D eigenvalue weighted by Crippen LogP contribution is -2.38. The van der Waals surface area contributed by atoms with Crippen LogP contribution >= 0.6 is 0 Å². The molecule has 1 aromatic carbocycles. The first-order chi connectivity index (χ1) is 8.17. The molecule has 17 heavy (non-hydrogen) atoms. The molecule has 3 nitrogen and oxygen atoms in total. The summed E-state index contributed by atoms with van der Waals surface area (Å²) in [5.74, 6) is 0.953. The molecule has 0 spiro atoms. The molecule has 0 heterocycles. The Hall–Kier alpha value is -1.06. The third kappa shape index (κ3) is 4.75. The molecular weight excluding hydrogens is 214 g/mol. The molecule has 1 N–H and O–H groups in total. The average molecular weight is 237 g/mol. The van der Waals surface area contributed by atoms with Gasteiger partial charge in [-0.25, -0.2) is 0 Å². The number of likely N-dealkylation sites (N-methyl/N-ethyl adjacent to an activating group) is 1. The molecule has 1 atom stereocenters. The van der Waals surface area contributed by atoms with E-state index in [0.29, 0.717) is 13.2 Å². The quantitative estimate of drug-likeness (QED) is 0.789. The van der Waals surface area contributed by atoms with Gasteiger partial charge >= 0.3 is 0 Å². The van der Waals surface area contributed by atoms with E-state index in [9.17, 15) is 0 Å². The van der Waals surface area contributed by atoms with E-state index in [4.69, 9.17) is 9.47 Å². The maximum absolute atomic E-state index is 5.82. The maximum atomic E-state index is 5.82. The summed E-state index contributed by atoms with van der Waals surface area (Å²) in [4.78, 5) is 0. The van der Waals surface area contributed by atoms with Crippen molar-refractivity contribution in [2.45, 2.75) is 26.8 Å². The average Bonchev–Trinajstić information content (AvgIpc) is 2.28. The Balaban J connectivity index is 2.52. The highest BCUT2D eigenvalue weighted by Crippen LogP contribution is 2.18. The summed E-state index contributed by atoms with van der Waals surface area (Å²) < 4.78 is 11.0. The summed E-state index contributed by atoms with van der Waals surface area (Å²) in [6.07, 6.45) is 0. The molecule has 0 aliphatic heterocycles. The van der Waals surface area contributed by atoms with Gasteiger partial charge in [-0.15, -0.1) is 0 Å². The topological polar surface area (TPSA) is 30.5 Å². The third-order valence-corrected chi connectivity index (χ3v) is 2.63. The smallest absolute Gasteiger partial charge is 0.122 e. The van der Waals surface area contributed by atoms with Gasteiger partial charge in [0, 0.05) is 7.11 Å². The Kier molecular flexibility index (Phi) is 6.01. The molecule has 0 aliphatic carbocycles. The minimum absolute atomic E-state index is 0.241. The molecule has 1 aromatic rings. The van der Waals surface area contributed by atoms with Crippen LogP contribution in [0.3, 0.4) is 0 Å². The van der Waals surface area contributed by atoms with Crippen molar-refractivity contribution in [3.8, 4) is 5.75 Å². The van der Waals surface area contributed by atoms with E-state index in [2.05, 4.69) is 38.2 Å². The summed E-state index contributed by atoms with van der Waals surface area (Å²) in [5.41, 5.74) is 2.44. The van der Waals surface area contributed by atoms with Gasteiger partial charge in [-0.05, 0) is 32.0 Å². The molecule has 1 rings (SSSR count). The lowest BCUT2D eigenvalue weighted by atomic mass is 10.1. The first kappa shape index (κ1) is 14.0. The molecule has 0 saturated heterocycles. The number of hydrogen-bond acceptors (Lipinski definition) is 3. The van der Waals surface area contributed by atoms with E-state index in [1.54, 1.807) is 7.11 Å². The van der Waals surface area contributed by atoms with E-state index in [1.165, 1.54) is 11.1 Å². The molecule has 3 heteroatoms. The highest BCUT2D eigenvalue weighted by atomic mass is 16.5. The highest BCUT2D eigenvalue weighted by Gasteiger charge is 2.08. The van der Waals surface area contributed by atoms with Gasteiger partial charge in [-0.1, -0.05) is 24.6 Å². The first-order valence-electron chi connectivity index (χ1n) is 6.09. The van der Waals surface area contributed by atoms with Crippen LogP contribution < -0.4 is 10.1 Å². The van der Waals surface area contributed by atoms with Crippen LogP contribution in [0.5, 0.6) is 5.75 Å². The molecule has 0 aromatic heterocycles. The summed E-state index contributed by atoms with van der Waals surface area (Å²) >= 11 is 0. The fourth-order valence-corrected chi connectivity index (χ4v) is 1.81. The van der Waals surface area contributed by atoms with Crippen LogP contribution in [-0.4, -0.2) is 32.9 Å². The molecule has 96 valence electrons. The molecule has 0 aliphatic rings. The van der Waals surface area contributed by atoms with E-state index < -0.39 is 0 Å². The van der Waals surface area contributed by atoms with E-state index >= 15 is 0 Å². The van der Waals surface area contributed by atoms with Crippen LogP contribution in [0.4, 0.5) is 0 Å². The fraction of sp³-hybridized carbons (Fsp3) is 0.571. The van der Waals surface area contributed by atoms with Crippen LogP contribution in [0, 0.1) is 13.8 Å². The second kappa shape index (κ2) is 7.30. The van der Waals surface area contributed by atoms with Crippen LogP contribution in [-0.2, 0) is 4.74 Å². The molecule has 0 amide bonds. The number of benzene rings is 1. The zero-order valence-electron chi connectivity index (χ0n) is 11.2. The molecule has 0 radical (unpaired) electrons. The number of ether oxygens (including phenoxy) is 2. The maximum Gasteiger partial charge on any atom is 0.122 e. The zero-order valence-corrected chi connectivity index (χ0v) is 11.2. The first-order valence-corrected chi connectivity index (χ1v) is 6.09. The Morgan fingerprint density at radius 3 is 2.59 bits per heavy atom. The van der Waals surface area contributed by atoms with E-state index in [1.807, 2.05) is 6.07 Å². The minimum atomic E-state index is 0.241. The zero-order chi connectivity index (χ0) is 12.7. The van der Waals surface area contributed by atoms with E-state index in [0.717, 1.165) is 12.3 Å². The summed E-state index contributed by atoms with van der Waals surface area (Å²) in [5, 5.41) is 3.33. The fourth-order valence-electron chi connectivity index (χ4n) is 1.81. The van der Waals surface area contributed by atoms with Crippen LogP contribution in [0.2, 0.25) is 0 Å². The van der Waals surface area contributed by atoms with Crippen LogP contribution in [0.25, 0.3) is 0 Å². The Morgan fingerprint density at radius 1 is 1.24 bits per heavy atom. The van der Waals surface area contributed by atoms with Crippen LogP contribution in [0.1, 0.15) is 18.1 Å². The second-order valence-electron chi connectivity index (χ2n) is 4.29. The molecular formula is C14H23NO2. The van der Waals surface area contributed by atoms with Gasteiger partial charge in [0.15, 0.2) is 0 Å². The summed E-state index contributed by atoms with van der Waals surface area (Å²) in [6, 6.07) is 6.47. The predicted molar refractivity (Wildman–Crippen MR) is 70.8 cm³/mol. The van der Waals surface area contributed by atoms with Gasteiger partial charge < -0.3 is 14.8 Å². The number of rotatable bonds is 7. The number of aryl methyl sites for hydroxylation is 2. The van der Waals surface area contributed by atoms with Gasteiger partial charge in [-0.2, -0.15) is 0 Å². The lowest BCUT2D eigenvalue weighted by Gasteiger charge is -2.18. The predicted octanol–water partition coefficient (Wildman–Crippen LogP) is 2.31. The van der Waals surface area contributed by atoms with Gasteiger partial charge in [0.1, 0.15) is 12.4 Å². The van der Waals surface area contributed by atoms with Crippen LogP contribution in [0.15, 0.2) is 18.2 Å². The Morgan fingerprint density at radius 2 is 2.00 bits per heavy atom. The molecule has 0 saturated carbocycles. The normalized spacial score (nSPS) is 12.5. The van der Waals surface area contributed by atoms with Crippen molar-refractivity contribution in [2.75, 3.05) is 26.9 Å². The van der Waals surface area contributed by atoms with Gasteiger partial charge in [-0.3, -0.25) is 0 Å². The molecule has 1 unspecified atom stereocenters. The number of nitrogens with one attached hydrogen (secondary N) is 1. The van der Waals surface area contributed by atoms with Crippen molar-refractivity contribution >= 4 is 0 Å². The third-order valence-electron chi connectivity index (χ3n) is 2.63. The Bertz CT molecular complexity index is 333. The SMILES string of the molecule is CCNC(COC)COc1ccc(C)cc1C. The van der Waals surface area contributed by atoms with Crippen molar-refractivity contribution < 1.29 is 9.47 Å². The van der Waals surface area contributed by atoms with Gasteiger partial charge in [0.2, 0.25) is 0 Å². The van der Waals surface area contributed by atoms with Gasteiger partial charge in [0.25, 0.3) is 0 Å². The second-order valence-corrected chi connectivity index (χ2v) is 4.29. The minimum Gasteiger partial charge on any atom is -0.492 e. The Labute approximate surface area is 104 Å². The number of hydrogen-bond donors (Lipinski definition) is 1. The monoisotopic (exact) mass is 237 g/mol. The van der Waals surface area contributed by atoms with Crippen molar-refractivity contribution in [3.05, 3.63) is 29.3 Å². The molecule has 0 bridgehead atoms. The summed E-state index contributed by atoms with van der Waals surface area (Å²) in [6.45, 7) is 8.46. The highest BCUT2D eigenvalue weighted by molar-refractivity contribution is 5.35. The van der Waals surface area contributed by atoms with Crippen molar-refractivity contribution in [2.24, 2.45) is 0 Å².